The zero-order valence-electron chi connectivity index (χ0n) is 8.54. The molecule has 0 aromatic heterocycles. The molecule has 0 bridgehead atoms. The van der Waals surface area contributed by atoms with Gasteiger partial charge in [-0.1, -0.05) is 6.92 Å². The molecule has 1 rings (SSSR count). The van der Waals surface area contributed by atoms with Crippen LogP contribution in [0.15, 0.2) is 0 Å². The molecule has 0 aliphatic carbocycles. The predicted molar refractivity (Wildman–Crippen MR) is 49.9 cm³/mol. The Hall–Kier alpha value is -0.255. The number of halogens is 4. The lowest BCUT2D eigenvalue weighted by Gasteiger charge is -2.22. The van der Waals surface area contributed by atoms with Crippen LogP contribution >= 0.6 is 0 Å². The van der Waals surface area contributed by atoms with Crippen LogP contribution in [0.4, 0.5) is 17.3 Å². The molecule has 1 aliphatic rings. The number of hydrogen-bond acceptors (Lipinski definition) is 0. The second-order valence-corrected chi connectivity index (χ2v) is 3.56. The summed E-state index contributed by atoms with van der Waals surface area (Å²) in [6.07, 6.45) is 5.77. The Balaban J connectivity index is 0.000000292. The van der Waals surface area contributed by atoms with Gasteiger partial charge in [-0.2, -0.15) is 0 Å². The molecule has 1 fully saturated rings. The van der Waals surface area contributed by atoms with Gasteiger partial charge in [0.2, 0.25) is 0 Å². The van der Waals surface area contributed by atoms with Crippen molar-refractivity contribution in [3.63, 3.8) is 0 Å². The minimum absolute atomic E-state index is 1.36. The largest absolute Gasteiger partial charge is 0.673 e. The Morgan fingerprint density at radius 1 is 1.00 bits per heavy atom. The molecule has 0 spiro atoms. The lowest BCUT2D eigenvalue weighted by Crippen LogP contribution is -3.12. The molecule has 0 aromatic carbocycles. The van der Waals surface area contributed by atoms with Crippen molar-refractivity contribution >= 4 is 7.25 Å². The van der Waals surface area contributed by atoms with Crippen LogP contribution in [0.2, 0.25) is 0 Å². The number of piperidine rings is 1. The molecular formula is C8H18BF4N. The Morgan fingerprint density at radius 2 is 1.43 bits per heavy atom. The van der Waals surface area contributed by atoms with Crippen LogP contribution in [0.5, 0.6) is 0 Å². The van der Waals surface area contributed by atoms with Gasteiger partial charge in [0.15, 0.2) is 0 Å². The van der Waals surface area contributed by atoms with Crippen molar-refractivity contribution in [2.24, 2.45) is 0 Å². The van der Waals surface area contributed by atoms with Gasteiger partial charge >= 0.3 is 7.25 Å². The summed E-state index contributed by atoms with van der Waals surface area (Å²) in [5, 5.41) is 0. The van der Waals surface area contributed by atoms with Gasteiger partial charge < -0.3 is 22.2 Å². The van der Waals surface area contributed by atoms with Gasteiger partial charge in [0.1, 0.15) is 0 Å². The minimum Gasteiger partial charge on any atom is -0.418 e. The summed E-state index contributed by atoms with van der Waals surface area (Å²) in [4.78, 5) is 1.84. The molecule has 14 heavy (non-hydrogen) atoms. The third-order valence-electron chi connectivity index (χ3n) is 2.16. The maximum absolute atomic E-state index is 9.75. The number of rotatable bonds is 2. The molecule has 1 aliphatic heterocycles. The summed E-state index contributed by atoms with van der Waals surface area (Å²) in [5.41, 5.74) is 0. The van der Waals surface area contributed by atoms with Crippen molar-refractivity contribution in [3.05, 3.63) is 0 Å². The summed E-state index contributed by atoms with van der Waals surface area (Å²) in [5.74, 6) is 0. The first-order valence-electron chi connectivity index (χ1n) is 5.14. The van der Waals surface area contributed by atoms with E-state index < -0.39 is 7.25 Å². The van der Waals surface area contributed by atoms with Gasteiger partial charge in [0, 0.05) is 0 Å². The summed E-state index contributed by atoms with van der Waals surface area (Å²) in [6, 6.07) is 0. The second-order valence-electron chi connectivity index (χ2n) is 3.56. The fraction of sp³-hybridized carbons (Fsp3) is 1.00. The molecule has 0 atom stereocenters. The van der Waals surface area contributed by atoms with E-state index in [9.17, 15) is 17.3 Å². The first-order chi connectivity index (χ1) is 6.43. The van der Waals surface area contributed by atoms with Gasteiger partial charge in [0.05, 0.1) is 19.6 Å². The van der Waals surface area contributed by atoms with E-state index in [4.69, 9.17) is 0 Å². The van der Waals surface area contributed by atoms with E-state index in [1.54, 1.807) is 0 Å². The summed E-state index contributed by atoms with van der Waals surface area (Å²) >= 11 is 0. The van der Waals surface area contributed by atoms with E-state index in [-0.39, 0.29) is 0 Å². The molecule has 0 amide bonds. The summed E-state index contributed by atoms with van der Waals surface area (Å²) in [7, 11) is -6.00. The topological polar surface area (TPSA) is 4.44 Å². The van der Waals surface area contributed by atoms with E-state index in [1.807, 2.05) is 4.90 Å². The highest BCUT2D eigenvalue weighted by Crippen LogP contribution is 2.06. The van der Waals surface area contributed by atoms with Crippen molar-refractivity contribution in [3.8, 4) is 0 Å². The van der Waals surface area contributed by atoms with E-state index in [2.05, 4.69) is 6.92 Å². The number of quaternary nitrogens is 1. The maximum Gasteiger partial charge on any atom is 0.673 e. The quantitative estimate of drug-likeness (QED) is 0.528. The smallest absolute Gasteiger partial charge is 0.418 e. The molecule has 86 valence electrons. The molecule has 1 nitrogen and oxygen atoms in total. The highest BCUT2D eigenvalue weighted by molar-refractivity contribution is 6.50. The maximum atomic E-state index is 9.75. The van der Waals surface area contributed by atoms with Crippen LogP contribution < -0.4 is 4.90 Å². The van der Waals surface area contributed by atoms with Crippen molar-refractivity contribution in [2.75, 3.05) is 19.6 Å². The average Bonchev–Trinajstić information content (AvgIpc) is 2.03. The third-order valence-corrected chi connectivity index (χ3v) is 2.16. The van der Waals surface area contributed by atoms with Crippen LogP contribution in [-0.2, 0) is 0 Å². The molecule has 0 saturated carbocycles. The van der Waals surface area contributed by atoms with Gasteiger partial charge in [-0.15, -0.1) is 0 Å². The number of likely N-dealkylation sites (tertiary alicyclic amines) is 1. The van der Waals surface area contributed by atoms with Crippen LogP contribution in [0.3, 0.4) is 0 Å². The second kappa shape index (κ2) is 7.09. The predicted octanol–water partition coefficient (Wildman–Crippen LogP) is 1.77. The minimum atomic E-state index is -6.00. The molecule has 0 unspecified atom stereocenters. The highest BCUT2D eigenvalue weighted by atomic mass is 19.5. The summed E-state index contributed by atoms with van der Waals surface area (Å²) in [6.45, 7) is 6.56. The van der Waals surface area contributed by atoms with E-state index >= 15 is 0 Å². The lowest BCUT2D eigenvalue weighted by molar-refractivity contribution is -0.904. The molecule has 6 heteroatoms. The van der Waals surface area contributed by atoms with Crippen LogP contribution in [0, 0.1) is 0 Å². The van der Waals surface area contributed by atoms with Gasteiger partial charge in [-0.05, 0) is 25.7 Å². The fourth-order valence-electron chi connectivity index (χ4n) is 1.66. The molecule has 1 saturated heterocycles. The van der Waals surface area contributed by atoms with E-state index in [1.165, 1.54) is 45.3 Å². The number of hydrogen-bond donors (Lipinski definition) is 1. The van der Waals surface area contributed by atoms with Gasteiger partial charge in [-0.3, -0.25) is 0 Å². The van der Waals surface area contributed by atoms with Crippen LogP contribution in [0.1, 0.15) is 32.6 Å². The summed E-state index contributed by atoms with van der Waals surface area (Å²) < 4.78 is 39.0. The van der Waals surface area contributed by atoms with Gasteiger partial charge in [-0.25, -0.2) is 0 Å². The van der Waals surface area contributed by atoms with Crippen molar-refractivity contribution in [1.29, 1.82) is 0 Å². The number of nitrogens with one attached hydrogen (secondary N) is 1. The Bertz CT molecular complexity index is 125. The zero-order chi connectivity index (χ0) is 11.0. The van der Waals surface area contributed by atoms with Crippen molar-refractivity contribution in [2.45, 2.75) is 32.6 Å². The van der Waals surface area contributed by atoms with E-state index in [0.29, 0.717) is 0 Å². The van der Waals surface area contributed by atoms with Crippen LogP contribution in [0.25, 0.3) is 0 Å². The molecule has 0 radical (unpaired) electrons. The molecule has 0 aromatic rings. The Kier molecular flexibility index (Phi) is 6.96. The van der Waals surface area contributed by atoms with Crippen molar-refractivity contribution in [1.82, 2.24) is 0 Å². The standard InChI is InChI=1S/C8H17N.BF4/c1-2-6-9-7-4-3-5-8-9;2-1(3,4)5/h2-8H2,1H3;/q;-1/p+1. The monoisotopic (exact) mass is 215 g/mol. The first-order valence-corrected chi connectivity index (χ1v) is 5.14. The SMILES string of the molecule is CCC[NH+]1CCCCC1.F[B-](F)(F)F. The first kappa shape index (κ1) is 13.7. The van der Waals surface area contributed by atoms with Crippen LogP contribution in [-0.4, -0.2) is 26.9 Å². The fourth-order valence-corrected chi connectivity index (χ4v) is 1.66. The molecular weight excluding hydrogens is 197 g/mol. The highest BCUT2D eigenvalue weighted by Gasteiger charge is 2.20. The van der Waals surface area contributed by atoms with Crippen molar-refractivity contribution < 1.29 is 22.2 Å². The average molecular weight is 215 g/mol. The lowest BCUT2D eigenvalue weighted by atomic mass is 10.1. The normalized spacial score (nSPS) is 18.6. The zero-order valence-corrected chi connectivity index (χ0v) is 8.54. The van der Waals surface area contributed by atoms with Gasteiger partial charge in [0.25, 0.3) is 0 Å². The third kappa shape index (κ3) is 11.7. The molecule has 1 N–H and O–H groups in total. The Labute approximate surface area is 82.6 Å². The molecule has 1 heterocycles. The Morgan fingerprint density at radius 3 is 1.79 bits per heavy atom. The van der Waals surface area contributed by atoms with E-state index in [0.717, 1.165) is 0 Å².